The van der Waals surface area contributed by atoms with Crippen molar-refractivity contribution in [1.29, 1.82) is 0 Å². The lowest BCUT2D eigenvalue weighted by Gasteiger charge is -2.20. The summed E-state index contributed by atoms with van der Waals surface area (Å²) >= 11 is 0. The van der Waals surface area contributed by atoms with Crippen molar-refractivity contribution in [3.8, 4) is 17.4 Å². The van der Waals surface area contributed by atoms with Crippen LogP contribution >= 0.6 is 0 Å². The summed E-state index contributed by atoms with van der Waals surface area (Å²) < 4.78 is 19.3. The van der Waals surface area contributed by atoms with Crippen molar-refractivity contribution >= 4 is 0 Å². The van der Waals surface area contributed by atoms with E-state index in [1.165, 1.54) is 17.7 Å². The van der Waals surface area contributed by atoms with Gasteiger partial charge in [0.15, 0.2) is 0 Å². The zero-order valence-electron chi connectivity index (χ0n) is 18.0. The molecule has 4 heterocycles. The second-order valence-electron chi connectivity index (χ2n) is 8.33. The fourth-order valence-corrected chi connectivity index (χ4v) is 4.29. The Morgan fingerprint density at radius 3 is 2.79 bits per heavy atom. The third-order valence-corrected chi connectivity index (χ3v) is 5.99. The van der Waals surface area contributed by atoms with E-state index in [2.05, 4.69) is 29.8 Å². The Morgan fingerprint density at radius 2 is 2.07 bits per heavy atom. The Bertz CT molecular complexity index is 849. The molecule has 7 nitrogen and oxygen atoms in total. The van der Waals surface area contributed by atoms with Crippen LogP contribution in [0.4, 0.5) is 0 Å². The predicted molar refractivity (Wildman–Crippen MR) is 111 cm³/mol. The molecule has 1 atom stereocenters. The van der Waals surface area contributed by atoms with Crippen molar-refractivity contribution in [2.45, 2.75) is 46.1 Å². The third-order valence-electron chi connectivity index (χ3n) is 5.99. The molecule has 1 unspecified atom stereocenters. The zero-order chi connectivity index (χ0) is 20.4. The van der Waals surface area contributed by atoms with Gasteiger partial charge in [0.1, 0.15) is 0 Å². The lowest BCUT2D eigenvalue weighted by molar-refractivity contribution is 0.144. The van der Waals surface area contributed by atoms with E-state index in [1.807, 2.05) is 17.8 Å². The first kappa shape index (κ1) is 20.2. The fourth-order valence-electron chi connectivity index (χ4n) is 4.29. The van der Waals surface area contributed by atoms with E-state index in [1.54, 1.807) is 7.11 Å². The highest BCUT2D eigenvalue weighted by molar-refractivity contribution is 5.43. The van der Waals surface area contributed by atoms with Gasteiger partial charge >= 0.3 is 0 Å². The van der Waals surface area contributed by atoms with Gasteiger partial charge in [-0.2, -0.15) is 0 Å². The topological polar surface area (TPSA) is 61.6 Å². The number of likely N-dealkylation sites (tertiary alicyclic amines) is 1. The average molecular weight is 401 g/mol. The first-order valence-corrected chi connectivity index (χ1v) is 10.6. The monoisotopic (exact) mass is 400 g/mol. The van der Waals surface area contributed by atoms with Crippen LogP contribution in [0.2, 0.25) is 0 Å². The van der Waals surface area contributed by atoms with Crippen LogP contribution in [0, 0.1) is 12.8 Å². The van der Waals surface area contributed by atoms with Gasteiger partial charge in [-0.25, -0.2) is 9.67 Å². The summed E-state index contributed by atoms with van der Waals surface area (Å²) in [5, 5.41) is 4.86. The maximum atomic E-state index is 6.29. The summed E-state index contributed by atoms with van der Waals surface area (Å²) in [6, 6.07) is 2.66. The average Bonchev–Trinajstić information content (AvgIpc) is 3.24. The molecule has 0 amide bonds. The van der Waals surface area contributed by atoms with Crippen LogP contribution in [0.5, 0.6) is 11.8 Å². The van der Waals surface area contributed by atoms with Crippen LogP contribution in [-0.2, 0) is 17.6 Å². The van der Waals surface area contributed by atoms with Crippen molar-refractivity contribution in [3.05, 3.63) is 29.1 Å². The molecular weight excluding hydrogens is 368 g/mol. The maximum absolute atomic E-state index is 6.29. The second-order valence-corrected chi connectivity index (χ2v) is 8.33. The molecule has 2 aromatic heterocycles. The second kappa shape index (κ2) is 8.71. The molecule has 4 rings (SSSR count). The number of nitrogens with zero attached hydrogens (tertiary/aromatic N) is 4. The Balaban J connectivity index is 1.57. The van der Waals surface area contributed by atoms with Crippen molar-refractivity contribution in [2.24, 2.45) is 5.92 Å². The van der Waals surface area contributed by atoms with E-state index < -0.39 is 0 Å². The standard InChI is InChI=1S/C22H32N4O3/c1-15(2)25-8-5-17(13-25)14-29-22-19-6-9-28-10-7-20(19)26(24-22)18-11-16(3)21(27-4)23-12-18/h11-12,15,17H,5-10,13-14H2,1-4H3. The zero-order valence-corrected chi connectivity index (χ0v) is 18.0. The molecule has 2 aromatic rings. The lowest BCUT2D eigenvalue weighted by Crippen LogP contribution is -2.29. The molecule has 2 aliphatic rings. The van der Waals surface area contributed by atoms with Crippen molar-refractivity contribution in [2.75, 3.05) is 40.0 Å². The fraction of sp³-hybridized carbons (Fsp3) is 0.636. The Hall–Kier alpha value is -2.12. The van der Waals surface area contributed by atoms with Gasteiger partial charge in [0.2, 0.25) is 11.8 Å². The van der Waals surface area contributed by atoms with Crippen molar-refractivity contribution < 1.29 is 14.2 Å². The van der Waals surface area contributed by atoms with Crippen molar-refractivity contribution in [3.63, 3.8) is 0 Å². The molecule has 7 heteroatoms. The molecule has 2 aliphatic heterocycles. The minimum atomic E-state index is 0.560. The number of hydrogen-bond acceptors (Lipinski definition) is 6. The summed E-state index contributed by atoms with van der Waals surface area (Å²) in [4.78, 5) is 6.95. The van der Waals surface area contributed by atoms with Crippen molar-refractivity contribution in [1.82, 2.24) is 19.7 Å². The van der Waals surface area contributed by atoms with Gasteiger partial charge in [-0.05, 0) is 39.8 Å². The molecular formula is C22H32N4O3. The minimum absolute atomic E-state index is 0.560. The first-order chi connectivity index (χ1) is 14.1. The van der Waals surface area contributed by atoms with Crippen LogP contribution in [0.15, 0.2) is 12.3 Å². The Labute approximate surface area is 173 Å². The van der Waals surface area contributed by atoms with Crippen LogP contribution < -0.4 is 9.47 Å². The Kier molecular flexibility index (Phi) is 6.06. The number of hydrogen-bond donors (Lipinski definition) is 0. The SMILES string of the molecule is COc1ncc(-n2nc(OCC3CCN(C(C)C)C3)c3c2CCOCC3)cc1C. The number of aryl methyl sites for hydroxylation is 1. The number of ether oxygens (including phenoxy) is 3. The lowest BCUT2D eigenvalue weighted by atomic mass is 10.1. The van der Waals surface area contributed by atoms with Gasteiger partial charge in [-0.3, -0.25) is 0 Å². The van der Waals surface area contributed by atoms with Crippen LogP contribution in [0.25, 0.3) is 5.69 Å². The van der Waals surface area contributed by atoms with Gasteiger partial charge < -0.3 is 19.1 Å². The Morgan fingerprint density at radius 1 is 1.24 bits per heavy atom. The number of aromatic nitrogens is 3. The number of rotatable bonds is 6. The number of pyridine rings is 1. The molecule has 1 fully saturated rings. The van der Waals surface area contributed by atoms with E-state index in [0.717, 1.165) is 43.1 Å². The highest BCUT2D eigenvalue weighted by Crippen LogP contribution is 2.30. The summed E-state index contributed by atoms with van der Waals surface area (Å²) in [7, 11) is 1.64. The van der Waals surface area contributed by atoms with E-state index >= 15 is 0 Å². The molecule has 0 aliphatic carbocycles. The number of methoxy groups -OCH3 is 1. The molecule has 0 saturated carbocycles. The minimum Gasteiger partial charge on any atom is -0.481 e. The third kappa shape index (κ3) is 4.26. The molecule has 0 spiro atoms. The summed E-state index contributed by atoms with van der Waals surface area (Å²) in [5.41, 5.74) is 4.26. The van der Waals surface area contributed by atoms with Gasteiger partial charge in [0.05, 0.1) is 44.5 Å². The molecule has 158 valence electrons. The van der Waals surface area contributed by atoms with Crippen LogP contribution in [0.3, 0.4) is 0 Å². The molecule has 0 N–H and O–H groups in total. The van der Waals surface area contributed by atoms with E-state index in [-0.39, 0.29) is 0 Å². The first-order valence-electron chi connectivity index (χ1n) is 10.6. The van der Waals surface area contributed by atoms with E-state index in [0.29, 0.717) is 37.7 Å². The van der Waals surface area contributed by atoms with E-state index in [4.69, 9.17) is 19.3 Å². The quantitative estimate of drug-likeness (QED) is 0.743. The maximum Gasteiger partial charge on any atom is 0.236 e. The van der Waals surface area contributed by atoms with Gasteiger partial charge in [-0.1, -0.05) is 0 Å². The molecule has 0 aromatic carbocycles. The molecule has 0 bridgehead atoms. The summed E-state index contributed by atoms with van der Waals surface area (Å²) in [6.45, 7) is 10.9. The van der Waals surface area contributed by atoms with Gasteiger partial charge in [-0.15, -0.1) is 5.10 Å². The van der Waals surface area contributed by atoms with E-state index in [9.17, 15) is 0 Å². The highest BCUT2D eigenvalue weighted by atomic mass is 16.5. The molecule has 0 radical (unpaired) electrons. The van der Waals surface area contributed by atoms with Gasteiger partial charge in [0.25, 0.3) is 0 Å². The normalized spacial score (nSPS) is 20.0. The number of fused-ring (bicyclic) bond motifs is 1. The smallest absolute Gasteiger partial charge is 0.236 e. The van der Waals surface area contributed by atoms with Gasteiger partial charge in [0, 0.05) is 42.5 Å². The predicted octanol–water partition coefficient (Wildman–Crippen LogP) is 2.81. The molecule has 29 heavy (non-hydrogen) atoms. The highest BCUT2D eigenvalue weighted by Gasteiger charge is 2.27. The van der Waals surface area contributed by atoms with Crippen LogP contribution in [-0.4, -0.2) is 65.7 Å². The summed E-state index contributed by atoms with van der Waals surface area (Å²) in [6.07, 6.45) is 4.65. The molecule has 1 saturated heterocycles. The van der Waals surface area contributed by atoms with Crippen LogP contribution in [0.1, 0.15) is 37.1 Å². The summed E-state index contributed by atoms with van der Waals surface area (Å²) in [5.74, 6) is 1.95. The largest absolute Gasteiger partial charge is 0.481 e.